The number of rotatable bonds is 6. The number of benzene rings is 1. The van der Waals surface area contributed by atoms with E-state index in [2.05, 4.69) is 0 Å². The second-order valence-corrected chi connectivity index (χ2v) is 4.00. The normalized spacial score (nSPS) is 10.1. The second-order valence-electron chi connectivity index (χ2n) is 3.59. The monoisotopic (exact) mass is 255 g/mol. The van der Waals surface area contributed by atoms with Crippen LogP contribution in [0, 0.1) is 0 Å². The first-order chi connectivity index (χ1) is 8.19. The molecule has 0 saturated carbocycles. The maximum Gasteiger partial charge on any atom is 0.225 e. The number of halogens is 1. The number of hydrogen-bond acceptors (Lipinski definition) is 2. The quantitative estimate of drug-likeness (QED) is 0.782. The SMILES string of the molecule is CCN(CC)C(=O)CCOc1ccccc1Cl. The minimum atomic E-state index is 0.113. The Bertz CT molecular complexity index is 364. The molecule has 0 saturated heterocycles. The first-order valence-electron chi connectivity index (χ1n) is 5.84. The Balaban J connectivity index is 2.38. The lowest BCUT2D eigenvalue weighted by Crippen LogP contribution is -2.31. The van der Waals surface area contributed by atoms with Crippen LogP contribution in [-0.2, 0) is 4.79 Å². The minimum Gasteiger partial charge on any atom is -0.491 e. The lowest BCUT2D eigenvalue weighted by molar-refractivity contribution is -0.131. The smallest absolute Gasteiger partial charge is 0.225 e. The number of hydrogen-bond donors (Lipinski definition) is 0. The summed E-state index contributed by atoms with van der Waals surface area (Å²) in [5.74, 6) is 0.739. The van der Waals surface area contributed by atoms with Gasteiger partial charge in [-0.1, -0.05) is 23.7 Å². The van der Waals surface area contributed by atoms with Crippen LogP contribution in [0.25, 0.3) is 0 Å². The first kappa shape index (κ1) is 13.8. The molecule has 0 heterocycles. The molecular formula is C13H18ClNO2. The molecule has 0 unspecified atom stereocenters. The summed E-state index contributed by atoms with van der Waals surface area (Å²) in [5, 5.41) is 0.572. The third kappa shape index (κ3) is 4.27. The lowest BCUT2D eigenvalue weighted by atomic mass is 10.3. The zero-order valence-electron chi connectivity index (χ0n) is 10.3. The fourth-order valence-electron chi connectivity index (χ4n) is 1.54. The van der Waals surface area contributed by atoms with Crippen molar-refractivity contribution in [3.63, 3.8) is 0 Å². The van der Waals surface area contributed by atoms with Gasteiger partial charge in [-0.15, -0.1) is 0 Å². The number of ether oxygens (including phenoxy) is 1. The second kappa shape index (κ2) is 7.17. The molecule has 1 aromatic carbocycles. The Hall–Kier alpha value is -1.22. The van der Waals surface area contributed by atoms with Crippen LogP contribution in [0.5, 0.6) is 5.75 Å². The Morgan fingerprint density at radius 1 is 1.29 bits per heavy atom. The Kier molecular flexibility index (Phi) is 5.84. The van der Waals surface area contributed by atoms with Gasteiger partial charge in [-0.05, 0) is 26.0 Å². The largest absolute Gasteiger partial charge is 0.491 e. The van der Waals surface area contributed by atoms with Gasteiger partial charge in [0.2, 0.25) is 5.91 Å². The van der Waals surface area contributed by atoms with Crippen LogP contribution in [0.4, 0.5) is 0 Å². The maximum atomic E-state index is 11.7. The van der Waals surface area contributed by atoms with Crippen molar-refractivity contribution in [2.75, 3.05) is 19.7 Å². The van der Waals surface area contributed by atoms with Crippen LogP contribution in [0.15, 0.2) is 24.3 Å². The highest BCUT2D eigenvalue weighted by Gasteiger charge is 2.09. The molecule has 0 N–H and O–H groups in total. The van der Waals surface area contributed by atoms with Crippen molar-refractivity contribution >= 4 is 17.5 Å². The predicted molar refractivity (Wildman–Crippen MR) is 69.5 cm³/mol. The van der Waals surface area contributed by atoms with Crippen molar-refractivity contribution in [1.29, 1.82) is 0 Å². The zero-order chi connectivity index (χ0) is 12.7. The van der Waals surface area contributed by atoms with E-state index in [1.165, 1.54) is 0 Å². The maximum absolute atomic E-state index is 11.7. The van der Waals surface area contributed by atoms with E-state index in [9.17, 15) is 4.79 Å². The molecule has 0 bridgehead atoms. The number of para-hydroxylation sites is 1. The molecule has 17 heavy (non-hydrogen) atoms. The van der Waals surface area contributed by atoms with E-state index in [0.29, 0.717) is 23.8 Å². The van der Waals surface area contributed by atoms with Crippen LogP contribution in [0.1, 0.15) is 20.3 Å². The van der Waals surface area contributed by atoms with Crippen molar-refractivity contribution in [3.8, 4) is 5.75 Å². The van der Waals surface area contributed by atoms with Crippen molar-refractivity contribution in [2.24, 2.45) is 0 Å². The molecule has 4 heteroatoms. The van der Waals surface area contributed by atoms with E-state index in [1.807, 2.05) is 26.0 Å². The van der Waals surface area contributed by atoms with Crippen LogP contribution in [0.2, 0.25) is 5.02 Å². The molecule has 0 fully saturated rings. The molecule has 0 aliphatic heterocycles. The van der Waals surface area contributed by atoms with E-state index >= 15 is 0 Å². The van der Waals surface area contributed by atoms with Gasteiger partial charge >= 0.3 is 0 Å². The molecule has 0 spiro atoms. The fourth-order valence-corrected chi connectivity index (χ4v) is 1.73. The average Bonchev–Trinajstić information content (AvgIpc) is 2.33. The highest BCUT2D eigenvalue weighted by Crippen LogP contribution is 2.23. The molecule has 0 radical (unpaired) electrons. The van der Waals surface area contributed by atoms with Gasteiger partial charge < -0.3 is 9.64 Å². The highest BCUT2D eigenvalue weighted by atomic mass is 35.5. The van der Waals surface area contributed by atoms with Gasteiger partial charge in [0.25, 0.3) is 0 Å². The zero-order valence-corrected chi connectivity index (χ0v) is 11.0. The highest BCUT2D eigenvalue weighted by molar-refractivity contribution is 6.32. The third-order valence-corrected chi connectivity index (χ3v) is 2.84. The summed E-state index contributed by atoms with van der Waals surface area (Å²) in [7, 11) is 0. The molecule has 1 aromatic rings. The van der Waals surface area contributed by atoms with Gasteiger partial charge in [-0.2, -0.15) is 0 Å². The fraction of sp³-hybridized carbons (Fsp3) is 0.462. The summed E-state index contributed by atoms with van der Waals surface area (Å²) < 4.78 is 5.47. The molecule has 1 amide bonds. The van der Waals surface area contributed by atoms with E-state index < -0.39 is 0 Å². The lowest BCUT2D eigenvalue weighted by Gasteiger charge is -2.18. The van der Waals surface area contributed by atoms with E-state index in [1.54, 1.807) is 17.0 Å². The first-order valence-corrected chi connectivity index (χ1v) is 6.22. The van der Waals surface area contributed by atoms with Gasteiger partial charge in [-0.25, -0.2) is 0 Å². The van der Waals surface area contributed by atoms with E-state index in [0.717, 1.165) is 13.1 Å². The summed E-state index contributed by atoms with van der Waals surface area (Å²) in [6.45, 7) is 5.77. The molecule has 94 valence electrons. The summed E-state index contributed by atoms with van der Waals surface area (Å²) >= 11 is 5.94. The molecule has 0 aliphatic carbocycles. The average molecular weight is 256 g/mol. The minimum absolute atomic E-state index is 0.113. The number of amides is 1. The van der Waals surface area contributed by atoms with Gasteiger partial charge in [0.15, 0.2) is 0 Å². The van der Waals surface area contributed by atoms with Gasteiger partial charge in [0.05, 0.1) is 18.1 Å². The van der Waals surface area contributed by atoms with Gasteiger partial charge in [-0.3, -0.25) is 4.79 Å². The molecule has 1 rings (SSSR count). The topological polar surface area (TPSA) is 29.5 Å². The standard InChI is InChI=1S/C13H18ClNO2/c1-3-15(4-2)13(16)9-10-17-12-8-6-5-7-11(12)14/h5-8H,3-4,9-10H2,1-2H3. The molecule has 0 aromatic heterocycles. The molecule has 0 atom stereocenters. The van der Waals surface area contributed by atoms with E-state index in [-0.39, 0.29) is 5.91 Å². The number of carbonyl (C=O) groups is 1. The van der Waals surface area contributed by atoms with Crippen molar-refractivity contribution in [2.45, 2.75) is 20.3 Å². The Morgan fingerprint density at radius 3 is 2.53 bits per heavy atom. The van der Waals surface area contributed by atoms with E-state index in [4.69, 9.17) is 16.3 Å². The van der Waals surface area contributed by atoms with Gasteiger partial charge in [0, 0.05) is 13.1 Å². The van der Waals surface area contributed by atoms with Gasteiger partial charge in [0.1, 0.15) is 5.75 Å². The Morgan fingerprint density at radius 2 is 1.94 bits per heavy atom. The molecule has 0 aliphatic rings. The predicted octanol–water partition coefficient (Wildman–Crippen LogP) is 2.98. The molecule has 3 nitrogen and oxygen atoms in total. The third-order valence-electron chi connectivity index (χ3n) is 2.53. The number of carbonyl (C=O) groups excluding carboxylic acids is 1. The summed E-state index contributed by atoms with van der Waals surface area (Å²) in [6.07, 6.45) is 0.382. The van der Waals surface area contributed by atoms with Crippen LogP contribution in [0.3, 0.4) is 0 Å². The van der Waals surface area contributed by atoms with Crippen molar-refractivity contribution in [3.05, 3.63) is 29.3 Å². The van der Waals surface area contributed by atoms with Crippen LogP contribution in [-0.4, -0.2) is 30.5 Å². The summed E-state index contributed by atoms with van der Waals surface area (Å²) in [6, 6.07) is 7.26. The summed E-state index contributed by atoms with van der Waals surface area (Å²) in [4.78, 5) is 13.5. The van der Waals surface area contributed by atoms with Crippen molar-refractivity contribution in [1.82, 2.24) is 4.90 Å². The van der Waals surface area contributed by atoms with Crippen molar-refractivity contribution < 1.29 is 9.53 Å². The molecular weight excluding hydrogens is 238 g/mol. The number of nitrogens with zero attached hydrogens (tertiary/aromatic N) is 1. The van der Waals surface area contributed by atoms with Crippen LogP contribution >= 0.6 is 11.6 Å². The Labute approximate surface area is 107 Å². The van der Waals surface area contributed by atoms with Crippen LogP contribution < -0.4 is 4.74 Å². The summed E-state index contributed by atoms with van der Waals surface area (Å²) in [5.41, 5.74) is 0.